The summed E-state index contributed by atoms with van der Waals surface area (Å²) in [4.78, 5) is 6.72. The second-order valence-electron chi connectivity index (χ2n) is 6.32. The fourth-order valence-electron chi connectivity index (χ4n) is 2.28. The molecule has 1 atom stereocenters. The third-order valence-corrected chi connectivity index (χ3v) is 3.45. The third kappa shape index (κ3) is 6.17. The molecule has 0 amide bonds. The number of aromatic nitrogens is 1. The lowest BCUT2D eigenvalue weighted by molar-refractivity contribution is 0.220. The predicted molar refractivity (Wildman–Crippen MR) is 82.1 cm³/mol. The average molecular weight is 263 g/mol. The molecule has 0 bridgehead atoms. The van der Waals surface area contributed by atoms with Crippen molar-refractivity contribution in [1.29, 1.82) is 0 Å². The van der Waals surface area contributed by atoms with Gasteiger partial charge in [0.15, 0.2) is 0 Å². The Morgan fingerprint density at radius 2 is 2.05 bits per heavy atom. The fourth-order valence-corrected chi connectivity index (χ4v) is 2.28. The van der Waals surface area contributed by atoms with Crippen LogP contribution in [0.1, 0.15) is 39.8 Å². The Hall–Kier alpha value is -0.930. The zero-order chi connectivity index (χ0) is 14.3. The van der Waals surface area contributed by atoms with E-state index in [0.29, 0.717) is 11.5 Å². The van der Waals surface area contributed by atoms with Crippen molar-refractivity contribution >= 4 is 0 Å². The van der Waals surface area contributed by atoms with Crippen LogP contribution in [0.2, 0.25) is 0 Å². The highest BCUT2D eigenvalue weighted by Gasteiger charge is 2.23. The lowest BCUT2D eigenvalue weighted by Gasteiger charge is -2.32. The Morgan fingerprint density at radius 1 is 1.32 bits per heavy atom. The van der Waals surface area contributed by atoms with Crippen LogP contribution in [-0.4, -0.2) is 36.1 Å². The lowest BCUT2D eigenvalue weighted by atomic mass is 9.84. The van der Waals surface area contributed by atoms with Gasteiger partial charge in [0.2, 0.25) is 0 Å². The highest BCUT2D eigenvalue weighted by Crippen LogP contribution is 2.22. The molecule has 1 aromatic heterocycles. The second kappa shape index (κ2) is 7.61. The van der Waals surface area contributed by atoms with Gasteiger partial charge >= 0.3 is 0 Å². The van der Waals surface area contributed by atoms with Crippen molar-refractivity contribution < 1.29 is 0 Å². The SMILES string of the molecule is CCNC(CCN(C)Cc1ccccn1)C(C)(C)C. The summed E-state index contributed by atoms with van der Waals surface area (Å²) >= 11 is 0. The van der Waals surface area contributed by atoms with Crippen LogP contribution in [0.4, 0.5) is 0 Å². The monoisotopic (exact) mass is 263 g/mol. The number of pyridine rings is 1. The Balaban J connectivity index is 2.41. The van der Waals surface area contributed by atoms with Gasteiger partial charge in [-0.3, -0.25) is 4.98 Å². The second-order valence-corrected chi connectivity index (χ2v) is 6.32. The largest absolute Gasteiger partial charge is 0.314 e. The molecule has 0 saturated heterocycles. The molecular formula is C16H29N3. The highest BCUT2D eigenvalue weighted by molar-refractivity contribution is 5.03. The number of hydrogen-bond donors (Lipinski definition) is 1. The molecule has 19 heavy (non-hydrogen) atoms. The first kappa shape index (κ1) is 16.1. The van der Waals surface area contributed by atoms with Crippen LogP contribution in [0, 0.1) is 5.41 Å². The Kier molecular flexibility index (Phi) is 6.46. The van der Waals surface area contributed by atoms with E-state index in [0.717, 1.165) is 25.3 Å². The van der Waals surface area contributed by atoms with E-state index in [1.807, 2.05) is 18.3 Å². The molecule has 0 aliphatic carbocycles. The lowest BCUT2D eigenvalue weighted by Crippen LogP contribution is -2.42. The van der Waals surface area contributed by atoms with E-state index < -0.39 is 0 Å². The van der Waals surface area contributed by atoms with E-state index in [2.05, 4.69) is 56.0 Å². The zero-order valence-electron chi connectivity index (χ0n) is 13.1. The predicted octanol–water partition coefficient (Wildman–Crippen LogP) is 2.93. The van der Waals surface area contributed by atoms with Crippen LogP contribution < -0.4 is 5.32 Å². The number of nitrogens with zero attached hydrogens (tertiary/aromatic N) is 2. The van der Waals surface area contributed by atoms with Gasteiger partial charge in [-0.1, -0.05) is 33.8 Å². The summed E-state index contributed by atoms with van der Waals surface area (Å²) in [5.41, 5.74) is 1.45. The van der Waals surface area contributed by atoms with Crippen molar-refractivity contribution in [3.05, 3.63) is 30.1 Å². The fraction of sp³-hybridized carbons (Fsp3) is 0.688. The molecule has 0 radical (unpaired) electrons. The molecule has 1 rings (SSSR count). The summed E-state index contributed by atoms with van der Waals surface area (Å²) in [7, 11) is 2.17. The molecule has 3 nitrogen and oxygen atoms in total. The molecule has 1 heterocycles. The van der Waals surface area contributed by atoms with E-state index in [9.17, 15) is 0 Å². The summed E-state index contributed by atoms with van der Waals surface area (Å²) in [5, 5.41) is 3.60. The van der Waals surface area contributed by atoms with Crippen LogP contribution in [0.25, 0.3) is 0 Å². The van der Waals surface area contributed by atoms with Gasteiger partial charge in [0.05, 0.1) is 5.69 Å². The van der Waals surface area contributed by atoms with Crippen LogP contribution in [0.15, 0.2) is 24.4 Å². The van der Waals surface area contributed by atoms with Crippen LogP contribution in [0.3, 0.4) is 0 Å². The standard InChI is InChI=1S/C16H29N3/c1-6-17-15(16(2,3)4)10-12-19(5)13-14-9-7-8-11-18-14/h7-9,11,15,17H,6,10,12-13H2,1-5H3. The average Bonchev–Trinajstić information content (AvgIpc) is 2.34. The quantitative estimate of drug-likeness (QED) is 0.820. The van der Waals surface area contributed by atoms with Crippen LogP contribution in [-0.2, 0) is 6.54 Å². The van der Waals surface area contributed by atoms with Gasteiger partial charge in [0, 0.05) is 18.8 Å². The molecule has 1 N–H and O–H groups in total. The molecule has 0 aliphatic heterocycles. The summed E-state index contributed by atoms with van der Waals surface area (Å²) < 4.78 is 0. The summed E-state index contributed by atoms with van der Waals surface area (Å²) in [5.74, 6) is 0. The van der Waals surface area contributed by atoms with Crippen molar-refractivity contribution in [2.75, 3.05) is 20.1 Å². The first-order valence-electron chi connectivity index (χ1n) is 7.25. The van der Waals surface area contributed by atoms with Gasteiger partial charge in [-0.15, -0.1) is 0 Å². The van der Waals surface area contributed by atoms with Crippen molar-refractivity contribution in [2.45, 2.75) is 46.7 Å². The van der Waals surface area contributed by atoms with E-state index in [4.69, 9.17) is 0 Å². The van der Waals surface area contributed by atoms with Crippen molar-refractivity contribution in [3.8, 4) is 0 Å². The molecule has 0 spiro atoms. The molecular weight excluding hydrogens is 234 g/mol. The maximum absolute atomic E-state index is 4.37. The molecule has 0 aliphatic rings. The topological polar surface area (TPSA) is 28.2 Å². The van der Waals surface area contributed by atoms with Gasteiger partial charge < -0.3 is 10.2 Å². The van der Waals surface area contributed by atoms with Gasteiger partial charge in [0.1, 0.15) is 0 Å². The van der Waals surface area contributed by atoms with Gasteiger partial charge in [0.25, 0.3) is 0 Å². The molecule has 1 aromatic rings. The van der Waals surface area contributed by atoms with Crippen molar-refractivity contribution in [2.24, 2.45) is 5.41 Å². The Morgan fingerprint density at radius 3 is 2.58 bits per heavy atom. The summed E-state index contributed by atoms with van der Waals surface area (Å²) in [6.07, 6.45) is 3.03. The van der Waals surface area contributed by atoms with Crippen LogP contribution in [0.5, 0.6) is 0 Å². The molecule has 0 aromatic carbocycles. The van der Waals surface area contributed by atoms with Gasteiger partial charge in [-0.05, 0) is 44.1 Å². The van der Waals surface area contributed by atoms with Crippen LogP contribution >= 0.6 is 0 Å². The maximum atomic E-state index is 4.37. The van der Waals surface area contributed by atoms with E-state index in [1.54, 1.807) is 0 Å². The Labute approximate surface area is 118 Å². The molecule has 108 valence electrons. The first-order chi connectivity index (χ1) is 8.93. The maximum Gasteiger partial charge on any atom is 0.0543 e. The smallest absolute Gasteiger partial charge is 0.0543 e. The summed E-state index contributed by atoms with van der Waals surface area (Å²) in [6.45, 7) is 12.1. The minimum absolute atomic E-state index is 0.307. The van der Waals surface area contributed by atoms with E-state index in [1.165, 1.54) is 6.42 Å². The molecule has 1 unspecified atom stereocenters. The minimum atomic E-state index is 0.307. The minimum Gasteiger partial charge on any atom is -0.314 e. The third-order valence-electron chi connectivity index (χ3n) is 3.45. The Bertz CT molecular complexity index is 343. The zero-order valence-corrected chi connectivity index (χ0v) is 13.1. The van der Waals surface area contributed by atoms with Gasteiger partial charge in [-0.2, -0.15) is 0 Å². The molecule has 0 saturated carbocycles. The van der Waals surface area contributed by atoms with E-state index in [-0.39, 0.29) is 0 Å². The number of rotatable bonds is 7. The highest BCUT2D eigenvalue weighted by atomic mass is 15.1. The van der Waals surface area contributed by atoms with Gasteiger partial charge in [-0.25, -0.2) is 0 Å². The summed E-state index contributed by atoms with van der Waals surface area (Å²) in [6, 6.07) is 6.66. The van der Waals surface area contributed by atoms with Crippen molar-refractivity contribution in [3.63, 3.8) is 0 Å². The molecule has 3 heteroatoms. The number of hydrogen-bond acceptors (Lipinski definition) is 3. The first-order valence-corrected chi connectivity index (χ1v) is 7.25. The normalized spacial score (nSPS) is 13.8. The van der Waals surface area contributed by atoms with Crippen molar-refractivity contribution in [1.82, 2.24) is 15.2 Å². The number of nitrogens with one attached hydrogen (secondary N) is 1. The molecule has 0 fully saturated rings. The van der Waals surface area contributed by atoms with E-state index >= 15 is 0 Å².